The van der Waals surface area contributed by atoms with Crippen LogP contribution in [0.3, 0.4) is 0 Å². The van der Waals surface area contributed by atoms with Crippen molar-refractivity contribution in [2.75, 3.05) is 5.12 Å². The first-order chi connectivity index (χ1) is 8.47. The number of benzene rings is 1. The molecule has 3 unspecified atom stereocenters. The van der Waals surface area contributed by atoms with Gasteiger partial charge in [0.25, 0.3) is 0 Å². The molecular weight excluding hydrogens is 266 g/mol. The molecule has 2 N–H and O–H groups in total. The van der Waals surface area contributed by atoms with E-state index in [4.69, 9.17) is 11.6 Å². The monoisotopic (exact) mass is 278 g/mol. The predicted octanol–water partition coefficient (Wildman–Crippen LogP) is 2.62. The van der Waals surface area contributed by atoms with Crippen LogP contribution in [0.25, 0.3) is 0 Å². The van der Waals surface area contributed by atoms with Crippen molar-refractivity contribution >= 4 is 17.3 Å². The summed E-state index contributed by atoms with van der Waals surface area (Å²) in [4.78, 5) is 0. The molecule has 0 aliphatic carbocycles. The van der Waals surface area contributed by atoms with Crippen molar-refractivity contribution in [3.63, 3.8) is 0 Å². The van der Waals surface area contributed by atoms with Crippen LogP contribution in [0, 0.1) is 0 Å². The third-order valence-corrected chi connectivity index (χ3v) is 3.38. The van der Waals surface area contributed by atoms with Crippen LogP contribution in [-0.2, 0) is 0 Å². The van der Waals surface area contributed by atoms with E-state index in [9.17, 15) is 19.2 Å². The Balaban J connectivity index is 2.46. The van der Waals surface area contributed by atoms with Gasteiger partial charge in [-0.1, -0.05) is 28.1 Å². The lowest BCUT2D eigenvalue weighted by Crippen LogP contribution is -2.52. The molecular formula is C11H13ClF2N2O2. The first-order valence-corrected chi connectivity index (χ1v) is 5.95. The summed E-state index contributed by atoms with van der Waals surface area (Å²) in [5.41, 5.74) is -1.11. The molecule has 18 heavy (non-hydrogen) atoms. The van der Waals surface area contributed by atoms with E-state index in [1.807, 2.05) is 0 Å². The zero-order chi connectivity index (χ0) is 13.4. The molecule has 0 fully saturated rings. The molecule has 1 heterocycles. The smallest absolute Gasteiger partial charge is 0.169 e. The van der Waals surface area contributed by atoms with Crippen molar-refractivity contribution in [3.8, 4) is 5.75 Å². The number of fused-ring (bicyclic) bond motifs is 1. The molecule has 100 valence electrons. The molecule has 0 spiro atoms. The normalized spacial score (nSPS) is 25.9. The van der Waals surface area contributed by atoms with Crippen LogP contribution in [0.1, 0.15) is 24.4 Å². The maximum atomic E-state index is 14.1. The van der Waals surface area contributed by atoms with Gasteiger partial charge in [-0.2, -0.15) is 5.12 Å². The lowest BCUT2D eigenvalue weighted by Gasteiger charge is -2.40. The molecule has 1 aliphatic rings. The van der Waals surface area contributed by atoms with E-state index in [1.54, 1.807) is 6.92 Å². The summed E-state index contributed by atoms with van der Waals surface area (Å²) in [7, 11) is 0. The SMILES string of the molecule is CCC(O)C1N(F)c2ccc(O)cc2C(Cl)N1F. The number of anilines is 1. The van der Waals surface area contributed by atoms with Crippen LogP contribution in [-0.4, -0.2) is 27.6 Å². The van der Waals surface area contributed by atoms with E-state index in [0.29, 0.717) is 0 Å². The van der Waals surface area contributed by atoms with Crippen LogP contribution in [0.5, 0.6) is 5.75 Å². The Kier molecular flexibility index (Phi) is 3.61. The molecule has 0 saturated heterocycles. The zero-order valence-corrected chi connectivity index (χ0v) is 10.3. The highest BCUT2D eigenvalue weighted by Crippen LogP contribution is 2.43. The van der Waals surface area contributed by atoms with Crippen LogP contribution in [0.15, 0.2) is 18.2 Å². The van der Waals surface area contributed by atoms with Crippen LogP contribution in [0.2, 0.25) is 0 Å². The van der Waals surface area contributed by atoms with Gasteiger partial charge >= 0.3 is 0 Å². The number of alkyl halides is 1. The minimum Gasteiger partial charge on any atom is -0.508 e. The average Bonchev–Trinajstić information content (AvgIpc) is 2.35. The largest absolute Gasteiger partial charge is 0.508 e. The summed E-state index contributed by atoms with van der Waals surface area (Å²) in [6.45, 7) is 1.61. The third-order valence-electron chi connectivity index (χ3n) is 2.96. The van der Waals surface area contributed by atoms with Gasteiger partial charge in [0.15, 0.2) is 6.17 Å². The maximum absolute atomic E-state index is 14.1. The molecule has 3 atom stereocenters. The molecule has 2 rings (SSSR count). The fraction of sp³-hybridized carbons (Fsp3) is 0.455. The summed E-state index contributed by atoms with van der Waals surface area (Å²) in [5, 5.41) is 19.1. The van der Waals surface area contributed by atoms with Crippen molar-refractivity contribution in [1.29, 1.82) is 0 Å². The molecule has 0 amide bonds. The number of aliphatic hydroxyl groups is 1. The van der Waals surface area contributed by atoms with Gasteiger partial charge in [-0.3, -0.25) is 0 Å². The van der Waals surface area contributed by atoms with E-state index in [0.717, 1.165) is 0 Å². The second-order valence-electron chi connectivity index (χ2n) is 4.12. The number of aromatic hydroxyl groups is 1. The number of halogens is 3. The van der Waals surface area contributed by atoms with Gasteiger partial charge in [-0.15, -0.1) is 4.48 Å². The first-order valence-electron chi connectivity index (χ1n) is 5.51. The van der Waals surface area contributed by atoms with Crippen molar-refractivity contribution in [2.45, 2.75) is 31.1 Å². The Morgan fingerprint density at radius 2 is 2.11 bits per heavy atom. The maximum Gasteiger partial charge on any atom is 0.169 e. The molecule has 0 radical (unpaired) electrons. The van der Waals surface area contributed by atoms with Gasteiger partial charge < -0.3 is 10.2 Å². The quantitative estimate of drug-likeness (QED) is 0.496. The minimum absolute atomic E-state index is 0.0392. The molecule has 0 aromatic heterocycles. The van der Waals surface area contributed by atoms with Crippen molar-refractivity contribution < 1.29 is 19.2 Å². The van der Waals surface area contributed by atoms with Gasteiger partial charge in [-0.25, -0.2) is 0 Å². The number of aliphatic hydroxyl groups excluding tert-OH is 1. The molecule has 1 aliphatic heterocycles. The highest BCUT2D eigenvalue weighted by molar-refractivity contribution is 6.21. The Morgan fingerprint density at radius 1 is 1.44 bits per heavy atom. The number of rotatable bonds is 2. The summed E-state index contributed by atoms with van der Waals surface area (Å²) < 4.78 is 28.0. The fourth-order valence-electron chi connectivity index (χ4n) is 1.96. The molecule has 0 saturated carbocycles. The number of hydrogen-bond acceptors (Lipinski definition) is 4. The summed E-state index contributed by atoms with van der Waals surface area (Å²) in [5.74, 6) is -0.129. The van der Waals surface area contributed by atoms with Gasteiger partial charge in [0, 0.05) is 5.56 Å². The molecule has 1 aromatic rings. The van der Waals surface area contributed by atoms with Gasteiger partial charge in [0.1, 0.15) is 11.3 Å². The lowest BCUT2D eigenvalue weighted by molar-refractivity contribution is -0.107. The van der Waals surface area contributed by atoms with E-state index in [2.05, 4.69) is 0 Å². The van der Waals surface area contributed by atoms with Gasteiger partial charge in [-0.05, 0) is 24.6 Å². The zero-order valence-electron chi connectivity index (χ0n) is 9.59. The highest BCUT2D eigenvalue weighted by atomic mass is 35.5. The van der Waals surface area contributed by atoms with E-state index < -0.39 is 17.8 Å². The second-order valence-corrected chi connectivity index (χ2v) is 4.54. The number of phenols is 1. The summed E-state index contributed by atoms with van der Waals surface area (Å²) >= 11 is 5.87. The van der Waals surface area contributed by atoms with Crippen LogP contribution < -0.4 is 5.12 Å². The van der Waals surface area contributed by atoms with E-state index in [-0.39, 0.29) is 33.7 Å². The summed E-state index contributed by atoms with van der Waals surface area (Å²) in [6, 6.07) is 3.77. The number of phenolic OH excluding ortho intramolecular Hbond substituents is 1. The predicted molar refractivity (Wildman–Crippen MR) is 63.3 cm³/mol. The highest BCUT2D eigenvalue weighted by Gasteiger charge is 2.43. The molecule has 4 nitrogen and oxygen atoms in total. The van der Waals surface area contributed by atoms with Crippen LogP contribution >= 0.6 is 11.6 Å². The topological polar surface area (TPSA) is 46.9 Å². The Labute approximate surface area is 108 Å². The Hall–Kier alpha value is -1.11. The lowest BCUT2D eigenvalue weighted by atomic mass is 10.1. The Bertz CT molecular complexity index is 449. The summed E-state index contributed by atoms with van der Waals surface area (Å²) in [6.07, 6.45) is -2.53. The number of hydrogen-bond donors (Lipinski definition) is 2. The standard InChI is InChI=1S/C11H13ClF2N2O2/c1-2-9(18)11-15(13)8-4-3-6(17)5-7(8)10(12)16(11)14/h3-5,9-11,17-18H,2H2,1H3. The van der Waals surface area contributed by atoms with Gasteiger partial charge in [0.2, 0.25) is 0 Å². The Morgan fingerprint density at radius 3 is 2.72 bits per heavy atom. The van der Waals surface area contributed by atoms with Crippen LogP contribution in [0.4, 0.5) is 14.6 Å². The van der Waals surface area contributed by atoms with E-state index in [1.165, 1.54) is 18.2 Å². The van der Waals surface area contributed by atoms with Crippen molar-refractivity contribution in [1.82, 2.24) is 5.12 Å². The third kappa shape index (κ3) is 2.00. The van der Waals surface area contributed by atoms with Crippen molar-refractivity contribution in [2.24, 2.45) is 0 Å². The molecule has 0 bridgehead atoms. The molecule has 7 heteroatoms. The number of nitrogens with zero attached hydrogens (tertiary/aromatic N) is 2. The minimum atomic E-state index is -1.49. The first kappa shape index (κ1) is 13.3. The second kappa shape index (κ2) is 4.87. The fourth-order valence-corrected chi connectivity index (χ4v) is 2.25. The van der Waals surface area contributed by atoms with E-state index >= 15 is 0 Å². The van der Waals surface area contributed by atoms with Gasteiger partial charge in [0.05, 0.1) is 11.8 Å². The average molecular weight is 279 g/mol. The molecule has 1 aromatic carbocycles. The van der Waals surface area contributed by atoms with Crippen molar-refractivity contribution in [3.05, 3.63) is 23.8 Å².